The highest BCUT2D eigenvalue weighted by Crippen LogP contribution is 2.20. The molecule has 1 rings (SSSR count). The predicted molar refractivity (Wildman–Crippen MR) is 87.8 cm³/mol. The second-order valence-electron chi connectivity index (χ2n) is 5.89. The van der Waals surface area contributed by atoms with E-state index in [1.165, 1.54) is 64.0 Å². The number of aromatic nitrogens is 1. The highest BCUT2D eigenvalue weighted by molar-refractivity contribution is 5.14. The molecule has 1 aromatic heterocycles. The SMILES string of the molecule is CCCCCCCCCCCC(NC)c1cncc(F)c1. The summed E-state index contributed by atoms with van der Waals surface area (Å²) in [6, 6.07) is 1.81. The molecule has 0 aromatic carbocycles. The quantitative estimate of drug-likeness (QED) is 0.522. The van der Waals surface area contributed by atoms with E-state index in [1.807, 2.05) is 7.05 Å². The fraction of sp³-hybridized carbons (Fsp3) is 0.722. The molecular formula is C18H31FN2. The van der Waals surface area contributed by atoms with Crippen LogP contribution in [0.1, 0.15) is 82.7 Å². The lowest BCUT2D eigenvalue weighted by atomic mass is 10.0. The van der Waals surface area contributed by atoms with E-state index in [0.717, 1.165) is 12.0 Å². The van der Waals surface area contributed by atoms with E-state index < -0.39 is 0 Å². The average molecular weight is 294 g/mol. The molecule has 0 amide bonds. The van der Waals surface area contributed by atoms with Crippen molar-refractivity contribution in [2.45, 2.75) is 77.2 Å². The monoisotopic (exact) mass is 294 g/mol. The molecule has 1 unspecified atom stereocenters. The average Bonchev–Trinajstić information content (AvgIpc) is 2.49. The molecule has 3 heteroatoms. The second kappa shape index (κ2) is 11.7. The summed E-state index contributed by atoms with van der Waals surface area (Å²) >= 11 is 0. The zero-order chi connectivity index (χ0) is 15.3. The summed E-state index contributed by atoms with van der Waals surface area (Å²) in [5.74, 6) is -0.250. The van der Waals surface area contributed by atoms with Crippen LogP contribution in [0.3, 0.4) is 0 Å². The molecule has 1 heterocycles. The summed E-state index contributed by atoms with van der Waals surface area (Å²) in [5, 5.41) is 3.26. The number of nitrogens with zero attached hydrogens (tertiary/aromatic N) is 1. The van der Waals surface area contributed by atoms with Crippen molar-refractivity contribution in [2.75, 3.05) is 7.05 Å². The topological polar surface area (TPSA) is 24.9 Å². The van der Waals surface area contributed by atoms with E-state index in [2.05, 4.69) is 17.2 Å². The van der Waals surface area contributed by atoms with E-state index in [-0.39, 0.29) is 11.9 Å². The molecule has 120 valence electrons. The Morgan fingerprint density at radius 1 is 1.00 bits per heavy atom. The Morgan fingerprint density at radius 2 is 1.62 bits per heavy atom. The molecule has 21 heavy (non-hydrogen) atoms. The van der Waals surface area contributed by atoms with Gasteiger partial charge in [-0.05, 0) is 25.1 Å². The van der Waals surface area contributed by atoms with Gasteiger partial charge in [-0.15, -0.1) is 0 Å². The number of halogens is 1. The minimum atomic E-state index is -0.250. The van der Waals surface area contributed by atoms with Crippen LogP contribution in [0.4, 0.5) is 4.39 Å². The molecule has 0 bridgehead atoms. The standard InChI is InChI=1S/C18H31FN2/c1-3-4-5-6-7-8-9-10-11-12-18(20-2)16-13-17(19)15-21-14-16/h13-15,18,20H,3-12H2,1-2H3. The first-order chi connectivity index (χ1) is 10.3. The fourth-order valence-electron chi connectivity index (χ4n) is 2.76. The summed E-state index contributed by atoms with van der Waals surface area (Å²) in [6.45, 7) is 2.26. The third kappa shape index (κ3) is 8.15. The maximum atomic E-state index is 13.2. The van der Waals surface area contributed by atoms with E-state index in [1.54, 1.807) is 12.3 Å². The van der Waals surface area contributed by atoms with Gasteiger partial charge in [0.25, 0.3) is 0 Å². The van der Waals surface area contributed by atoms with Crippen LogP contribution < -0.4 is 5.32 Å². The van der Waals surface area contributed by atoms with Gasteiger partial charge < -0.3 is 5.32 Å². The highest BCUT2D eigenvalue weighted by atomic mass is 19.1. The zero-order valence-electron chi connectivity index (χ0n) is 13.7. The smallest absolute Gasteiger partial charge is 0.141 e. The summed E-state index contributed by atoms with van der Waals surface area (Å²) < 4.78 is 13.2. The molecule has 0 saturated heterocycles. The minimum absolute atomic E-state index is 0.220. The summed E-state index contributed by atoms with van der Waals surface area (Å²) in [4.78, 5) is 3.93. The highest BCUT2D eigenvalue weighted by Gasteiger charge is 2.09. The Hall–Kier alpha value is -0.960. The molecule has 0 radical (unpaired) electrons. The number of pyridine rings is 1. The Labute approximate surface area is 129 Å². The summed E-state index contributed by atoms with van der Waals surface area (Å²) in [7, 11) is 1.93. The molecule has 2 nitrogen and oxygen atoms in total. The van der Waals surface area contributed by atoms with Gasteiger partial charge in [0.05, 0.1) is 6.20 Å². The van der Waals surface area contributed by atoms with Crippen LogP contribution in [0.2, 0.25) is 0 Å². The summed E-state index contributed by atoms with van der Waals surface area (Å²) in [5.41, 5.74) is 0.956. The van der Waals surface area contributed by atoms with Crippen LogP contribution >= 0.6 is 0 Å². The van der Waals surface area contributed by atoms with Gasteiger partial charge in [0.15, 0.2) is 0 Å². The van der Waals surface area contributed by atoms with Crippen LogP contribution in [-0.2, 0) is 0 Å². The van der Waals surface area contributed by atoms with Gasteiger partial charge in [0, 0.05) is 12.2 Å². The molecule has 1 aromatic rings. The lowest BCUT2D eigenvalue weighted by Gasteiger charge is -2.16. The number of hydrogen-bond donors (Lipinski definition) is 1. The number of nitrogens with one attached hydrogen (secondary N) is 1. The van der Waals surface area contributed by atoms with Crippen molar-refractivity contribution in [3.05, 3.63) is 29.8 Å². The van der Waals surface area contributed by atoms with E-state index in [4.69, 9.17) is 0 Å². The predicted octanol–water partition coefficient (Wildman–Crippen LogP) is 5.40. The van der Waals surface area contributed by atoms with Crippen LogP contribution in [0, 0.1) is 5.82 Å². The third-order valence-electron chi connectivity index (χ3n) is 4.07. The maximum absolute atomic E-state index is 13.2. The third-order valence-corrected chi connectivity index (χ3v) is 4.07. The number of unbranched alkanes of at least 4 members (excludes halogenated alkanes) is 8. The Bertz CT molecular complexity index is 368. The van der Waals surface area contributed by atoms with E-state index in [9.17, 15) is 4.39 Å². The van der Waals surface area contributed by atoms with Crippen molar-refractivity contribution in [1.82, 2.24) is 10.3 Å². The van der Waals surface area contributed by atoms with Crippen molar-refractivity contribution in [3.63, 3.8) is 0 Å². The van der Waals surface area contributed by atoms with Gasteiger partial charge in [0.2, 0.25) is 0 Å². The van der Waals surface area contributed by atoms with Crippen LogP contribution in [0.5, 0.6) is 0 Å². The Morgan fingerprint density at radius 3 is 2.19 bits per heavy atom. The molecule has 1 N–H and O–H groups in total. The molecule has 0 fully saturated rings. The Kier molecular flexibility index (Phi) is 10.1. The molecule has 0 aliphatic heterocycles. The first-order valence-corrected chi connectivity index (χ1v) is 8.55. The first-order valence-electron chi connectivity index (χ1n) is 8.55. The fourth-order valence-corrected chi connectivity index (χ4v) is 2.76. The first kappa shape index (κ1) is 18.1. The van der Waals surface area contributed by atoms with Gasteiger partial charge >= 0.3 is 0 Å². The normalized spacial score (nSPS) is 12.5. The second-order valence-corrected chi connectivity index (χ2v) is 5.89. The largest absolute Gasteiger partial charge is 0.313 e. The molecule has 0 aliphatic rings. The molecule has 1 atom stereocenters. The lowest BCUT2D eigenvalue weighted by Crippen LogP contribution is -2.16. The van der Waals surface area contributed by atoms with Gasteiger partial charge in [-0.25, -0.2) is 4.39 Å². The van der Waals surface area contributed by atoms with Gasteiger partial charge in [-0.2, -0.15) is 0 Å². The van der Waals surface area contributed by atoms with Crippen LogP contribution in [-0.4, -0.2) is 12.0 Å². The van der Waals surface area contributed by atoms with Crippen molar-refractivity contribution in [2.24, 2.45) is 0 Å². The van der Waals surface area contributed by atoms with Crippen LogP contribution in [0.15, 0.2) is 18.5 Å². The molecular weight excluding hydrogens is 263 g/mol. The van der Waals surface area contributed by atoms with Gasteiger partial charge in [-0.1, -0.05) is 64.7 Å². The van der Waals surface area contributed by atoms with Gasteiger partial charge in [0.1, 0.15) is 5.82 Å². The van der Waals surface area contributed by atoms with Crippen molar-refractivity contribution in [1.29, 1.82) is 0 Å². The minimum Gasteiger partial charge on any atom is -0.313 e. The number of hydrogen-bond acceptors (Lipinski definition) is 2. The van der Waals surface area contributed by atoms with Crippen molar-refractivity contribution >= 4 is 0 Å². The van der Waals surface area contributed by atoms with E-state index in [0.29, 0.717) is 0 Å². The Balaban J connectivity index is 2.10. The van der Waals surface area contributed by atoms with Gasteiger partial charge in [-0.3, -0.25) is 4.98 Å². The summed E-state index contributed by atoms with van der Waals surface area (Å²) in [6.07, 6.45) is 16.1. The maximum Gasteiger partial charge on any atom is 0.141 e. The zero-order valence-corrected chi connectivity index (χ0v) is 13.7. The van der Waals surface area contributed by atoms with Crippen molar-refractivity contribution < 1.29 is 4.39 Å². The van der Waals surface area contributed by atoms with Crippen molar-refractivity contribution in [3.8, 4) is 0 Å². The molecule has 0 aliphatic carbocycles. The molecule has 0 saturated carbocycles. The molecule has 0 spiro atoms. The number of rotatable bonds is 12. The van der Waals surface area contributed by atoms with Crippen LogP contribution in [0.25, 0.3) is 0 Å². The lowest BCUT2D eigenvalue weighted by molar-refractivity contribution is 0.489. The van der Waals surface area contributed by atoms with E-state index >= 15 is 0 Å².